The Labute approximate surface area is 76.9 Å². The maximum Gasteiger partial charge on any atom is 0.351 e. The van der Waals surface area contributed by atoms with Crippen LogP contribution in [0.4, 0.5) is 0 Å². The molecule has 0 aliphatic carbocycles. The number of methoxy groups -OCH3 is 1. The molecule has 0 amide bonds. The van der Waals surface area contributed by atoms with E-state index < -0.39 is 11.6 Å². The number of nitrogens with zero attached hydrogens (tertiary/aromatic N) is 1. The lowest BCUT2D eigenvalue weighted by Crippen LogP contribution is -2.40. The summed E-state index contributed by atoms with van der Waals surface area (Å²) < 4.78 is 9.62. The molecule has 0 saturated heterocycles. The van der Waals surface area contributed by atoms with Crippen LogP contribution in [0.2, 0.25) is 0 Å². The Kier molecular flexibility index (Phi) is 5.04. The first kappa shape index (κ1) is 11.9. The molecule has 0 saturated carbocycles. The zero-order valence-corrected chi connectivity index (χ0v) is 7.74. The molecule has 0 fully saturated rings. The second-order valence-corrected chi connectivity index (χ2v) is 2.44. The Morgan fingerprint density at radius 2 is 2.23 bits per heavy atom. The lowest BCUT2D eigenvalue weighted by atomic mass is 10.0. The van der Waals surface area contributed by atoms with E-state index in [1.807, 2.05) is 0 Å². The molecule has 5 heteroatoms. The van der Waals surface area contributed by atoms with E-state index >= 15 is 0 Å². The van der Waals surface area contributed by atoms with Gasteiger partial charge < -0.3 is 14.6 Å². The van der Waals surface area contributed by atoms with Crippen molar-refractivity contribution in [2.45, 2.75) is 18.9 Å². The summed E-state index contributed by atoms with van der Waals surface area (Å²) in [5, 5.41) is 17.4. The molecule has 13 heavy (non-hydrogen) atoms. The van der Waals surface area contributed by atoms with Gasteiger partial charge in [0.1, 0.15) is 6.07 Å². The first-order valence-electron chi connectivity index (χ1n) is 3.90. The van der Waals surface area contributed by atoms with Crippen LogP contribution in [-0.4, -0.2) is 37.0 Å². The molecule has 1 N–H and O–H groups in total. The molecule has 0 spiro atoms. The second kappa shape index (κ2) is 5.51. The third-order valence-electron chi connectivity index (χ3n) is 1.66. The van der Waals surface area contributed by atoms with Crippen molar-refractivity contribution < 1.29 is 19.4 Å². The number of hydrogen-bond donors (Lipinski definition) is 1. The zero-order chi connectivity index (χ0) is 10.3. The van der Waals surface area contributed by atoms with Gasteiger partial charge in [0.05, 0.1) is 13.2 Å². The average Bonchev–Trinajstić information content (AvgIpc) is 2.13. The van der Waals surface area contributed by atoms with Crippen LogP contribution in [0.25, 0.3) is 0 Å². The molecule has 0 aromatic carbocycles. The molecule has 0 aromatic heterocycles. The van der Waals surface area contributed by atoms with E-state index in [4.69, 9.17) is 15.1 Å². The number of aliphatic carboxylic acids is 1. The molecule has 74 valence electrons. The third-order valence-corrected chi connectivity index (χ3v) is 1.66. The van der Waals surface area contributed by atoms with Crippen LogP contribution in [0.15, 0.2) is 0 Å². The first-order chi connectivity index (χ1) is 6.13. The lowest BCUT2D eigenvalue weighted by molar-refractivity contribution is -0.159. The van der Waals surface area contributed by atoms with Gasteiger partial charge in [-0.3, -0.25) is 0 Å². The SMILES string of the molecule is CCC(C#N)(OCCOC)C(=O)O. The maximum absolute atomic E-state index is 10.7. The molecular weight excluding hydrogens is 174 g/mol. The number of nitriles is 1. The molecule has 1 unspecified atom stereocenters. The van der Waals surface area contributed by atoms with E-state index in [0.29, 0.717) is 0 Å². The van der Waals surface area contributed by atoms with Crippen LogP contribution in [-0.2, 0) is 14.3 Å². The topological polar surface area (TPSA) is 79.5 Å². The summed E-state index contributed by atoms with van der Waals surface area (Å²) in [5.41, 5.74) is -1.72. The van der Waals surface area contributed by atoms with Crippen molar-refractivity contribution in [2.75, 3.05) is 20.3 Å². The summed E-state index contributed by atoms with van der Waals surface area (Å²) in [7, 11) is 1.48. The third kappa shape index (κ3) is 3.01. The molecule has 1 atom stereocenters. The van der Waals surface area contributed by atoms with Gasteiger partial charge in [-0.2, -0.15) is 5.26 Å². The summed E-state index contributed by atoms with van der Waals surface area (Å²) in [6, 6.07) is 1.65. The number of carboxylic acids is 1. The van der Waals surface area contributed by atoms with Crippen molar-refractivity contribution in [2.24, 2.45) is 0 Å². The van der Waals surface area contributed by atoms with Gasteiger partial charge in [0, 0.05) is 7.11 Å². The number of carbonyl (C=O) groups is 1. The van der Waals surface area contributed by atoms with Gasteiger partial charge in [-0.15, -0.1) is 0 Å². The Hall–Kier alpha value is -1.12. The first-order valence-corrected chi connectivity index (χ1v) is 3.90. The summed E-state index contributed by atoms with van der Waals surface area (Å²) in [6.07, 6.45) is 0.114. The summed E-state index contributed by atoms with van der Waals surface area (Å²) >= 11 is 0. The Morgan fingerprint density at radius 3 is 2.54 bits per heavy atom. The largest absolute Gasteiger partial charge is 0.478 e. The lowest BCUT2D eigenvalue weighted by Gasteiger charge is -2.19. The van der Waals surface area contributed by atoms with Crippen LogP contribution < -0.4 is 0 Å². The quantitative estimate of drug-likeness (QED) is 0.609. The highest BCUT2D eigenvalue weighted by Crippen LogP contribution is 2.14. The van der Waals surface area contributed by atoms with Crippen molar-refractivity contribution in [3.63, 3.8) is 0 Å². The predicted molar refractivity (Wildman–Crippen MR) is 44.1 cm³/mol. The Balaban J connectivity index is 4.25. The van der Waals surface area contributed by atoms with E-state index in [9.17, 15) is 4.79 Å². The van der Waals surface area contributed by atoms with Gasteiger partial charge in [-0.05, 0) is 6.42 Å². The van der Waals surface area contributed by atoms with Gasteiger partial charge in [0.2, 0.25) is 0 Å². The molecule has 0 aromatic rings. The van der Waals surface area contributed by atoms with Crippen molar-refractivity contribution in [3.8, 4) is 6.07 Å². The fourth-order valence-corrected chi connectivity index (χ4v) is 0.773. The van der Waals surface area contributed by atoms with E-state index in [-0.39, 0.29) is 19.6 Å². The monoisotopic (exact) mass is 187 g/mol. The highest BCUT2D eigenvalue weighted by atomic mass is 16.5. The molecule has 0 rings (SSSR count). The molecule has 0 aliphatic rings. The standard InChI is InChI=1S/C8H13NO4/c1-3-8(6-9,7(10)11)13-5-4-12-2/h3-5H2,1-2H3,(H,10,11). The fourth-order valence-electron chi connectivity index (χ4n) is 0.773. The van der Waals surface area contributed by atoms with E-state index in [2.05, 4.69) is 4.74 Å². The normalized spacial score (nSPS) is 14.5. The number of rotatable bonds is 6. The number of carboxylic acid groups (broad SMARTS) is 1. The molecule has 0 heterocycles. The molecule has 5 nitrogen and oxygen atoms in total. The minimum atomic E-state index is -1.72. The fraction of sp³-hybridized carbons (Fsp3) is 0.750. The summed E-state index contributed by atoms with van der Waals surface area (Å²) in [4.78, 5) is 10.7. The zero-order valence-electron chi connectivity index (χ0n) is 7.74. The number of ether oxygens (including phenoxy) is 2. The molecule has 0 bridgehead atoms. The van der Waals surface area contributed by atoms with Crippen LogP contribution >= 0.6 is 0 Å². The molecule has 0 radical (unpaired) electrons. The van der Waals surface area contributed by atoms with Crippen LogP contribution in [0.1, 0.15) is 13.3 Å². The highest BCUT2D eigenvalue weighted by molar-refractivity contribution is 5.81. The smallest absolute Gasteiger partial charge is 0.351 e. The van der Waals surface area contributed by atoms with Gasteiger partial charge in [0.25, 0.3) is 5.60 Å². The maximum atomic E-state index is 10.7. The van der Waals surface area contributed by atoms with Crippen LogP contribution in [0.5, 0.6) is 0 Å². The van der Waals surface area contributed by atoms with E-state index in [0.717, 1.165) is 0 Å². The van der Waals surface area contributed by atoms with Crippen molar-refractivity contribution in [3.05, 3.63) is 0 Å². The van der Waals surface area contributed by atoms with Crippen LogP contribution in [0, 0.1) is 11.3 Å². The summed E-state index contributed by atoms with van der Waals surface area (Å²) in [6.45, 7) is 1.96. The highest BCUT2D eigenvalue weighted by Gasteiger charge is 2.38. The van der Waals surface area contributed by atoms with Crippen LogP contribution in [0.3, 0.4) is 0 Å². The predicted octanol–water partition coefficient (Wildman–Crippen LogP) is 0.406. The van der Waals surface area contributed by atoms with Gasteiger partial charge in [0.15, 0.2) is 0 Å². The molecular formula is C8H13NO4. The minimum absolute atomic E-state index is 0.101. The van der Waals surface area contributed by atoms with Crippen molar-refractivity contribution in [1.82, 2.24) is 0 Å². The van der Waals surface area contributed by atoms with E-state index in [1.165, 1.54) is 7.11 Å². The summed E-state index contributed by atoms with van der Waals surface area (Å²) in [5.74, 6) is -1.26. The van der Waals surface area contributed by atoms with Gasteiger partial charge in [-0.1, -0.05) is 6.92 Å². The van der Waals surface area contributed by atoms with Crippen molar-refractivity contribution in [1.29, 1.82) is 5.26 Å². The van der Waals surface area contributed by atoms with Gasteiger partial charge >= 0.3 is 5.97 Å². The van der Waals surface area contributed by atoms with Gasteiger partial charge in [-0.25, -0.2) is 4.79 Å². The molecule has 0 aliphatic heterocycles. The second-order valence-electron chi connectivity index (χ2n) is 2.44. The minimum Gasteiger partial charge on any atom is -0.478 e. The Bertz CT molecular complexity index is 211. The van der Waals surface area contributed by atoms with E-state index in [1.54, 1.807) is 13.0 Å². The number of hydrogen-bond acceptors (Lipinski definition) is 4. The van der Waals surface area contributed by atoms with Crippen molar-refractivity contribution >= 4 is 5.97 Å². The Morgan fingerprint density at radius 1 is 1.62 bits per heavy atom. The average molecular weight is 187 g/mol.